The molecule has 0 spiro atoms. The number of hydrogen-bond acceptors (Lipinski definition) is 4. The Bertz CT molecular complexity index is 683. The summed E-state index contributed by atoms with van der Waals surface area (Å²) in [6.45, 7) is 0.967. The highest BCUT2D eigenvalue weighted by atomic mass is 35.5. The molecule has 0 amide bonds. The lowest BCUT2D eigenvalue weighted by atomic mass is 10.1. The molecule has 2 rings (SSSR count). The van der Waals surface area contributed by atoms with Gasteiger partial charge in [-0.2, -0.15) is 9.57 Å². The number of hydrogen-bond donors (Lipinski definition) is 0. The first kappa shape index (κ1) is 17.2. The molecule has 1 aliphatic rings. The maximum atomic E-state index is 12.9. The molecule has 120 valence electrons. The summed E-state index contributed by atoms with van der Waals surface area (Å²) in [5.74, 6) is 0. The van der Waals surface area contributed by atoms with Gasteiger partial charge in [-0.25, -0.2) is 8.42 Å². The van der Waals surface area contributed by atoms with Crippen LogP contribution in [0.25, 0.3) is 0 Å². The molecule has 1 aliphatic heterocycles. The molecule has 1 fully saturated rings. The fourth-order valence-electron chi connectivity index (χ4n) is 2.64. The summed E-state index contributed by atoms with van der Waals surface area (Å²) in [6.07, 6.45) is 2.84. The third-order valence-corrected chi connectivity index (χ3v) is 6.37. The molecule has 7 heteroatoms. The van der Waals surface area contributed by atoms with Crippen molar-refractivity contribution in [1.82, 2.24) is 9.21 Å². The number of nitrogens with zero attached hydrogens (tertiary/aromatic N) is 3. The van der Waals surface area contributed by atoms with E-state index in [4.69, 9.17) is 16.9 Å². The molecule has 0 bridgehead atoms. The zero-order valence-corrected chi connectivity index (χ0v) is 14.4. The predicted molar refractivity (Wildman–Crippen MR) is 86.3 cm³/mol. The molecule has 1 aromatic rings. The molecule has 1 unspecified atom stereocenters. The normalized spacial score (nSPS) is 20.6. The van der Waals surface area contributed by atoms with Crippen molar-refractivity contribution in [2.75, 3.05) is 27.2 Å². The van der Waals surface area contributed by atoms with Gasteiger partial charge < -0.3 is 4.90 Å². The summed E-state index contributed by atoms with van der Waals surface area (Å²) < 4.78 is 27.2. The van der Waals surface area contributed by atoms with Crippen molar-refractivity contribution in [3.63, 3.8) is 0 Å². The summed E-state index contributed by atoms with van der Waals surface area (Å²) >= 11 is 6.08. The van der Waals surface area contributed by atoms with Gasteiger partial charge in [0.2, 0.25) is 10.0 Å². The van der Waals surface area contributed by atoms with Gasteiger partial charge in [-0.05, 0) is 45.1 Å². The van der Waals surface area contributed by atoms with E-state index < -0.39 is 10.0 Å². The Morgan fingerprint density at radius 2 is 2.09 bits per heavy atom. The fourth-order valence-corrected chi connectivity index (χ4v) is 4.68. The maximum absolute atomic E-state index is 12.9. The van der Waals surface area contributed by atoms with Crippen molar-refractivity contribution in [3.05, 3.63) is 28.8 Å². The van der Waals surface area contributed by atoms with Crippen LogP contribution in [-0.2, 0) is 10.0 Å². The number of benzene rings is 1. The zero-order chi connectivity index (χ0) is 16.3. The topological polar surface area (TPSA) is 64.4 Å². The van der Waals surface area contributed by atoms with Crippen molar-refractivity contribution in [3.8, 4) is 6.07 Å². The van der Waals surface area contributed by atoms with E-state index >= 15 is 0 Å². The molecule has 0 saturated carbocycles. The first-order valence-electron chi connectivity index (χ1n) is 7.22. The van der Waals surface area contributed by atoms with Crippen LogP contribution in [0, 0.1) is 11.3 Å². The molecule has 22 heavy (non-hydrogen) atoms. The SMILES string of the molecule is CN(C)C1CCCCN(S(=O)(=O)c2ccc(C#N)cc2Cl)C1. The molecule has 0 N–H and O–H groups in total. The first-order valence-corrected chi connectivity index (χ1v) is 9.04. The molecule has 1 saturated heterocycles. The summed E-state index contributed by atoms with van der Waals surface area (Å²) in [5.41, 5.74) is 0.353. The van der Waals surface area contributed by atoms with Crippen LogP contribution in [0.1, 0.15) is 24.8 Å². The van der Waals surface area contributed by atoms with Crippen LogP contribution in [0.5, 0.6) is 0 Å². The van der Waals surface area contributed by atoms with Crippen molar-refractivity contribution in [2.24, 2.45) is 0 Å². The van der Waals surface area contributed by atoms with E-state index in [2.05, 4.69) is 4.90 Å². The Labute approximate surface area is 137 Å². The highest BCUT2D eigenvalue weighted by Gasteiger charge is 2.31. The lowest BCUT2D eigenvalue weighted by Gasteiger charge is -2.28. The van der Waals surface area contributed by atoms with Gasteiger partial charge in [0.1, 0.15) is 4.90 Å². The van der Waals surface area contributed by atoms with Crippen molar-refractivity contribution in [2.45, 2.75) is 30.2 Å². The minimum Gasteiger partial charge on any atom is -0.305 e. The zero-order valence-electron chi connectivity index (χ0n) is 12.8. The minimum atomic E-state index is -3.64. The van der Waals surface area contributed by atoms with Gasteiger partial charge in [0, 0.05) is 19.1 Å². The molecule has 0 radical (unpaired) electrons. The highest BCUT2D eigenvalue weighted by molar-refractivity contribution is 7.89. The van der Waals surface area contributed by atoms with Crippen molar-refractivity contribution < 1.29 is 8.42 Å². The van der Waals surface area contributed by atoms with Crippen LogP contribution in [0.4, 0.5) is 0 Å². The second-order valence-electron chi connectivity index (χ2n) is 5.73. The average Bonchev–Trinajstić information content (AvgIpc) is 2.73. The van der Waals surface area contributed by atoms with E-state index in [-0.39, 0.29) is 16.0 Å². The highest BCUT2D eigenvalue weighted by Crippen LogP contribution is 2.28. The van der Waals surface area contributed by atoms with Crippen LogP contribution in [0.3, 0.4) is 0 Å². The van der Waals surface area contributed by atoms with Gasteiger partial charge in [0.15, 0.2) is 0 Å². The Hall–Kier alpha value is -1.13. The lowest BCUT2D eigenvalue weighted by molar-refractivity contribution is 0.248. The number of sulfonamides is 1. The predicted octanol–water partition coefficient (Wildman–Crippen LogP) is 2.32. The summed E-state index contributed by atoms with van der Waals surface area (Å²) in [7, 11) is 0.293. The van der Waals surface area contributed by atoms with Gasteiger partial charge in [-0.15, -0.1) is 0 Å². The van der Waals surface area contributed by atoms with Gasteiger partial charge in [-0.3, -0.25) is 0 Å². The number of rotatable bonds is 3. The van der Waals surface area contributed by atoms with Gasteiger partial charge in [0.05, 0.1) is 16.7 Å². The van der Waals surface area contributed by atoms with E-state index in [1.54, 1.807) is 0 Å². The van der Waals surface area contributed by atoms with E-state index in [0.717, 1.165) is 19.3 Å². The molecular weight excluding hydrogens is 322 g/mol. The molecule has 0 aromatic heterocycles. The van der Waals surface area contributed by atoms with Crippen LogP contribution >= 0.6 is 11.6 Å². The van der Waals surface area contributed by atoms with Gasteiger partial charge in [-0.1, -0.05) is 18.0 Å². The Kier molecular flexibility index (Phi) is 5.45. The maximum Gasteiger partial charge on any atom is 0.244 e. The third kappa shape index (κ3) is 3.61. The molecule has 5 nitrogen and oxygen atoms in total. The molecule has 0 aliphatic carbocycles. The second-order valence-corrected chi connectivity index (χ2v) is 8.05. The number of likely N-dealkylation sites (N-methyl/N-ethyl adjacent to an activating group) is 1. The average molecular weight is 342 g/mol. The van der Waals surface area contributed by atoms with E-state index in [1.165, 1.54) is 22.5 Å². The lowest BCUT2D eigenvalue weighted by Crippen LogP contribution is -2.41. The standard InChI is InChI=1S/C15H20ClN3O2S/c1-18(2)13-5-3-4-8-19(11-13)22(20,21)15-7-6-12(10-17)9-14(15)16/h6-7,9,13H,3-5,8,11H2,1-2H3. The van der Waals surface area contributed by atoms with Crippen LogP contribution in [0.2, 0.25) is 5.02 Å². The Balaban J connectivity index is 2.34. The van der Waals surface area contributed by atoms with Crippen LogP contribution in [-0.4, -0.2) is 50.8 Å². The Morgan fingerprint density at radius 1 is 1.36 bits per heavy atom. The van der Waals surface area contributed by atoms with Gasteiger partial charge in [0.25, 0.3) is 0 Å². The fraction of sp³-hybridized carbons (Fsp3) is 0.533. The van der Waals surface area contributed by atoms with E-state index in [1.807, 2.05) is 20.2 Å². The van der Waals surface area contributed by atoms with E-state index in [9.17, 15) is 8.42 Å². The van der Waals surface area contributed by atoms with Crippen LogP contribution in [0.15, 0.2) is 23.1 Å². The van der Waals surface area contributed by atoms with Crippen LogP contribution < -0.4 is 0 Å². The molecule has 1 aromatic carbocycles. The second kappa shape index (κ2) is 6.97. The van der Waals surface area contributed by atoms with Crippen molar-refractivity contribution >= 4 is 21.6 Å². The third-order valence-electron chi connectivity index (χ3n) is 4.02. The summed E-state index contributed by atoms with van der Waals surface area (Å²) in [4.78, 5) is 2.14. The largest absolute Gasteiger partial charge is 0.305 e. The molecule has 1 heterocycles. The molecular formula is C15H20ClN3O2S. The summed E-state index contributed by atoms with van der Waals surface area (Å²) in [5, 5.41) is 8.96. The number of nitriles is 1. The smallest absolute Gasteiger partial charge is 0.244 e. The summed E-state index contributed by atoms with van der Waals surface area (Å²) in [6, 6.07) is 6.47. The number of halogens is 1. The quantitative estimate of drug-likeness (QED) is 0.846. The van der Waals surface area contributed by atoms with E-state index in [0.29, 0.717) is 18.7 Å². The Morgan fingerprint density at radius 3 is 2.68 bits per heavy atom. The first-order chi connectivity index (χ1) is 10.4. The van der Waals surface area contributed by atoms with Crippen molar-refractivity contribution in [1.29, 1.82) is 5.26 Å². The monoisotopic (exact) mass is 341 g/mol. The van der Waals surface area contributed by atoms with Gasteiger partial charge >= 0.3 is 0 Å². The minimum absolute atomic E-state index is 0.0765. The molecule has 1 atom stereocenters.